The number of carbonyl (C=O) groups excluding carboxylic acids is 1. The maximum absolute atomic E-state index is 13.1. The molecule has 33 heavy (non-hydrogen) atoms. The van der Waals surface area contributed by atoms with Gasteiger partial charge in [-0.05, 0) is 67.3 Å². The van der Waals surface area contributed by atoms with Gasteiger partial charge in [0.05, 0.1) is 4.90 Å². The first-order valence-electron chi connectivity index (χ1n) is 11.8. The molecule has 2 aliphatic heterocycles. The fourth-order valence-corrected chi connectivity index (χ4v) is 5.93. The largest absolute Gasteiger partial charge is 0.372 e. The van der Waals surface area contributed by atoms with Crippen LogP contribution in [0.25, 0.3) is 0 Å². The number of anilines is 1. The Morgan fingerprint density at radius 2 is 1.42 bits per heavy atom. The molecule has 4 rings (SSSR count). The Balaban J connectivity index is 1.27. The highest BCUT2D eigenvalue weighted by molar-refractivity contribution is 7.90. The summed E-state index contributed by atoms with van der Waals surface area (Å²) in [4.78, 5) is 17.7. The van der Waals surface area contributed by atoms with Crippen molar-refractivity contribution in [2.24, 2.45) is 11.8 Å². The highest BCUT2D eigenvalue weighted by Gasteiger charge is 2.33. The molecule has 6 nitrogen and oxygen atoms in total. The molecule has 1 atom stereocenters. The van der Waals surface area contributed by atoms with E-state index in [1.54, 1.807) is 19.2 Å². The van der Waals surface area contributed by atoms with Crippen molar-refractivity contribution in [2.45, 2.75) is 36.7 Å². The van der Waals surface area contributed by atoms with E-state index in [4.69, 9.17) is 4.74 Å². The molecule has 0 spiro atoms. The minimum Gasteiger partial charge on any atom is -0.372 e. The summed E-state index contributed by atoms with van der Waals surface area (Å²) in [5, 5.41) is 0. The molecule has 2 heterocycles. The SMILES string of the molecule is COC(C(=O)N1CCC(C2CCN(c3ccc(S(C)(=O)=O)cc3)CC2)CC1)c1ccccc1. The molecule has 1 unspecified atom stereocenters. The molecule has 2 fully saturated rings. The molecule has 2 aromatic rings. The quantitative estimate of drug-likeness (QED) is 0.640. The van der Waals surface area contributed by atoms with Crippen LogP contribution in [0, 0.1) is 11.8 Å². The summed E-state index contributed by atoms with van der Waals surface area (Å²) in [6.45, 7) is 3.57. The number of piperidine rings is 2. The van der Waals surface area contributed by atoms with Crippen molar-refractivity contribution in [3.8, 4) is 0 Å². The Bertz CT molecular complexity index is 1020. The Morgan fingerprint density at radius 1 is 0.879 bits per heavy atom. The van der Waals surface area contributed by atoms with Crippen LogP contribution in [0.3, 0.4) is 0 Å². The highest BCUT2D eigenvalue weighted by atomic mass is 32.2. The number of rotatable bonds is 6. The molecule has 178 valence electrons. The summed E-state index contributed by atoms with van der Waals surface area (Å²) in [7, 11) is -1.56. The van der Waals surface area contributed by atoms with Crippen LogP contribution in [0.5, 0.6) is 0 Å². The minimum absolute atomic E-state index is 0.0644. The number of hydrogen-bond acceptors (Lipinski definition) is 5. The van der Waals surface area contributed by atoms with Gasteiger partial charge in [-0.3, -0.25) is 4.79 Å². The lowest BCUT2D eigenvalue weighted by molar-refractivity contribution is -0.144. The normalized spacial score (nSPS) is 19.5. The smallest absolute Gasteiger partial charge is 0.256 e. The van der Waals surface area contributed by atoms with Crippen LogP contribution in [0.15, 0.2) is 59.5 Å². The molecule has 0 aliphatic carbocycles. The van der Waals surface area contributed by atoms with E-state index in [2.05, 4.69) is 4.90 Å². The summed E-state index contributed by atoms with van der Waals surface area (Å²) in [5.41, 5.74) is 2.00. The molecule has 2 aromatic carbocycles. The number of sulfone groups is 1. The van der Waals surface area contributed by atoms with E-state index in [-0.39, 0.29) is 5.91 Å². The van der Waals surface area contributed by atoms with Crippen molar-refractivity contribution in [1.82, 2.24) is 4.90 Å². The third-order valence-corrected chi connectivity index (χ3v) is 8.38. The van der Waals surface area contributed by atoms with Gasteiger partial charge in [0.1, 0.15) is 0 Å². The fourth-order valence-electron chi connectivity index (χ4n) is 5.30. The second kappa shape index (κ2) is 10.3. The first-order valence-corrected chi connectivity index (χ1v) is 13.7. The average Bonchev–Trinajstić information content (AvgIpc) is 2.85. The fraction of sp³-hybridized carbons (Fsp3) is 0.500. The monoisotopic (exact) mass is 470 g/mol. The lowest BCUT2D eigenvalue weighted by Gasteiger charge is -2.41. The van der Waals surface area contributed by atoms with Gasteiger partial charge in [-0.2, -0.15) is 0 Å². The molecular weight excluding hydrogens is 436 g/mol. The van der Waals surface area contributed by atoms with Crippen LogP contribution in [0.2, 0.25) is 0 Å². The van der Waals surface area contributed by atoms with E-state index in [1.165, 1.54) is 6.26 Å². The Kier molecular flexibility index (Phi) is 7.39. The Morgan fingerprint density at radius 3 is 1.94 bits per heavy atom. The van der Waals surface area contributed by atoms with Crippen LogP contribution in [-0.2, 0) is 19.4 Å². The number of amides is 1. The number of likely N-dealkylation sites (tertiary alicyclic amines) is 1. The number of hydrogen-bond donors (Lipinski definition) is 0. The van der Waals surface area contributed by atoms with Crippen LogP contribution < -0.4 is 4.90 Å². The topological polar surface area (TPSA) is 66.9 Å². The predicted molar refractivity (Wildman–Crippen MR) is 130 cm³/mol. The standard InChI is InChI=1S/C26H34N2O4S/c1-32-25(22-6-4-3-5-7-22)26(29)28-18-14-21(15-19-28)20-12-16-27(17-13-20)23-8-10-24(11-9-23)33(2,30)31/h3-11,20-21,25H,12-19H2,1-2H3. The van der Waals surface area contributed by atoms with E-state index in [0.717, 1.165) is 63.1 Å². The van der Waals surface area contributed by atoms with Crippen molar-refractivity contribution in [1.29, 1.82) is 0 Å². The number of carbonyl (C=O) groups is 1. The van der Waals surface area contributed by atoms with Crippen LogP contribution >= 0.6 is 0 Å². The minimum atomic E-state index is -3.16. The number of nitrogens with zero attached hydrogens (tertiary/aromatic N) is 2. The van der Waals surface area contributed by atoms with E-state index in [0.29, 0.717) is 16.7 Å². The summed E-state index contributed by atoms with van der Waals surface area (Å²) in [6, 6.07) is 16.9. The van der Waals surface area contributed by atoms with Gasteiger partial charge >= 0.3 is 0 Å². The Labute approximate surface area is 197 Å². The first kappa shape index (κ1) is 23.8. The van der Waals surface area contributed by atoms with E-state index in [1.807, 2.05) is 47.4 Å². The predicted octanol–water partition coefficient (Wildman–Crippen LogP) is 3.93. The molecule has 0 bridgehead atoms. The molecule has 7 heteroatoms. The average molecular weight is 471 g/mol. The summed E-state index contributed by atoms with van der Waals surface area (Å²) in [6.07, 6.45) is 5.08. The first-order chi connectivity index (χ1) is 15.9. The van der Waals surface area contributed by atoms with Gasteiger partial charge in [-0.15, -0.1) is 0 Å². The van der Waals surface area contributed by atoms with Gasteiger partial charge in [-0.25, -0.2) is 8.42 Å². The van der Waals surface area contributed by atoms with Gasteiger partial charge in [0.15, 0.2) is 15.9 Å². The zero-order valence-corrected chi connectivity index (χ0v) is 20.3. The lowest BCUT2D eigenvalue weighted by Crippen LogP contribution is -2.44. The molecular formula is C26H34N2O4S. The zero-order valence-electron chi connectivity index (χ0n) is 19.5. The van der Waals surface area contributed by atoms with Crippen molar-refractivity contribution in [3.63, 3.8) is 0 Å². The summed E-state index contributed by atoms with van der Waals surface area (Å²) < 4.78 is 28.9. The number of benzene rings is 2. The van der Waals surface area contributed by atoms with Gasteiger partial charge in [0.25, 0.3) is 5.91 Å². The molecule has 2 saturated heterocycles. The maximum Gasteiger partial charge on any atom is 0.256 e. The molecule has 2 aliphatic rings. The van der Waals surface area contributed by atoms with Gasteiger partial charge in [-0.1, -0.05) is 30.3 Å². The Hall–Kier alpha value is -2.38. The van der Waals surface area contributed by atoms with Crippen molar-refractivity contribution in [2.75, 3.05) is 44.4 Å². The summed E-state index contributed by atoms with van der Waals surface area (Å²) >= 11 is 0. The van der Waals surface area contributed by atoms with Crippen molar-refractivity contribution >= 4 is 21.4 Å². The van der Waals surface area contributed by atoms with E-state index >= 15 is 0 Å². The molecule has 1 amide bonds. The maximum atomic E-state index is 13.1. The lowest BCUT2D eigenvalue weighted by atomic mass is 9.78. The molecule has 0 aromatic heterocycles. The second-order valence-corrected chi connectivity index (χ2v) is 11.3. The third kappa shape index (κ3) is 5.58. The van der Waals surface area contributed by atoms with Crippen molar-refractivity contribution < 1.29 is 17.9 Å². The molecule has 0 N–H and O–H groups in total. The molecule has 0 radical (unpaired) electrons. The van der Waals surface area contributed by atoms with Crippen LogP contribution in [0.1, 0.15) is 37.4 Å². The van der Waals surface area contributed by atoms with E-state index in [9.17, 15) is 13.2 Å². The zero-order chi connectivity index (χ0) is 23.4. The van der Waals surface area contributed by atoms with Crippen LogP contribution in [0.4, 0.5) is 5.69 Å². The van der Waals surface area contributed by atoms with Gasteiger partial charge in [0.2, 0.25) is 0 Å². The molecule has 0 saturated carbocycles. The highest BCUT2D eigenvalue weighted by Crippen LogP contribution is 2.35. The van der Waals surface area contributed by atoms with E-state index < -0.39 is 15.9 Å². The third-order valence-electron chi connectivity index (χ3n) is 7.25. The van der Waals surface area contributed by atoms with Crippen molar-refractivity contribution in [3.05, 3.63) is 60.2 Å². The van der Waals surface area contributed by atoms with Gasteiger partial charge < -0.3 is 14.5 Å². The van der Waals surface area contributed by atoms with Gasteiger partial charge in [0, 0.05) is 45.2 Å². The van der Waals surface area contributed by atoms with Crippen LogP contribution in [-0.4, -0.2) is 58.8 Å². The second-order valence-electron chi connectivity index (χ2n) is 9.28. The summed E-state index contributed by atoms with van der Waals surface area (Å²) in [5.74, 6) is 1.40. The number of methoxy groups -OCH3 is 1. The number of ether oxygens (including phenoxy) is 1.